The maximum Gasteiger partial charge on any atom is 0.335 e. The third kappa shape index (κ3) is 4.95. The third-order valence-electron chi connectivity index (χ3n) is 3.81. The summed E-state index contributed by atoms with van der Waals surface area (Å²) in [5.74, 6) is -1.36. The highest BCUT2D eigenvalue weighted by molar-refractivity contribution is 6.34. The molecule has 0 aliphatic rings. The number of hydrogen-bond donors (Lipinski definition) is 3. The van der Waals surface area contributed by atoms with Gasteiger partial charge in [-0.1, -0.05) is 42.3 Å². The second-order valence-corrected chi connectivity index (χ2v) is 6.45. The van der Waals surface area contributed by atoms with Crippen molar-refractivity contribution in [3.63, 3.8) is 0 Å². The van der Waals surface area contributed by atoms with Crippen molar-refractivity contribution >= 4 is 35.1 Å². The Morgan fingerprint density at radius 3 is 2.12 bits per heavy atom. The van der Waals surface area contributed by atoms with Crippen molar-refractivity contribution in [3.05, 3.63) is 69.2 Å². The zero-order chi connectivity index (χ0) is 18.6. The van der Waals surface area contributed by atoms with E-state index in [2.05, 4.69) is 5.32 Å². The molecule has 1 amide bonds. The monoisotopic (exact) mass is 380 g/mol. The van der Waals surface area contributed by atoms with Crippen LogP contribution in [0.2, 0.25) is 10.0 Å². The van der Waals surface area contributed by atoms with E-state index in [-0.39, 0.29) is 17.5 Å². The summed E-state index contributed by atoms with van der Waals surface area (Å²) in [5, 5.41) is 12.6. The number of carboxylic acid groups (broad SMARTS) is 1. The number of carbonyl (C=O) groups excluding carboxylic acids is 1. The maximum atomic E-state index is 12.5. The van der Waals surface area contributed by atoms with Crippen molar-refractivity contribution in [3.8, 4) is 0 Å². The number of amides is 1. The molecule has 2 atom stereocenters. The number of carboxylic acids is 1. The molecule has 2 unspecified atom stereocenters. The molecule has 132 valence electrons. The van der Waals surface area contributed by atoms with Gasteiger partial charge in [0.1, 0.15) is 6.04 Å². The smallest absolute Gasteiger partial charge is 0.335 e. The van der Waals surface area contributed by atoms with Crippen molar-refractivity contribution in [2.45, 2.75) is 25.4 Å². The minimum absolute atomic E-state index is 0.190. The first kappa shape index (κ1) is 19.2. The Kier molecular flexibility index (Phi) is 6.42. The standard InChI is InChI=1S/C18H18Cl2N2O3/c1-2-15(10-3-5-11(6-4-10)18(24)25)22-17(23)16(21)12-7-13(19)9-14(20)8-12/h3-9,15-16H,2,21H2,1H3,(H,22,23)(H,24,25). The first-order valence-electron chi connectivity index (χ1n) is 7.67. The predicted molar refractivity (Wildman–Crippen MR) is 98.0 cm³/mol. The molecule has 0 fully saturated rings. The van der Waals surface area contributed by atoms with E-state index in [1.165, 1.54) is 12.1 Å². The number of hydrogen-bond acceptors (Lipinski definition) is 3. The van der Waals surface area contributed by atoms with Crippen LogP contribution in [0, 0.1) is 0 Å². The topological polar surface area (TPSA) is 92.4 Å². The summed E-state index contributed by atoms with van der Waals surface area (Å²) in [5.41, 5.74) is 7.53. The van der Waals surface area contributed by atoms with Crippen LogP contribution in [0.3, 0.4) is 0 Å². The van der Waals surface area contributed by atoms with Gasteiger partial charge >= 0.3 is 5.97 Å². The summed E-state index contributed by atoms with van der Waals surface area (Å²) >= 11 is 11.9. The van der Waals surface area contributed by atoms with Gasteiger partial charge in [-0.15, -0.1) is 0 Å². The number of aromatic carboxylic acids is 1. The lowest BCUT2D eigenvalue weighted by Gasteiger charge is -2.21. The molecule has 0 radical (unpaired) electrons. The Labute approximate surface area is 155 Å². The Hall–Kier alpha value is -2.08. The van der Waals surface area contributed by atoms with E-state index in [1.807, 2.05) is 6.92 Å². The molecule has 0 heterocycles. The lowest BCUT2D eigenvalue weighted by Crippen LogP contribution is -2.36. The molecule has 4 N–H and O–H groups in total. The van der Waals surface area contributed by atoms with Crippen molar-refractivity contribution < 1.29 is 14.7 Å². The van der Waals surface area contributed by atoms with Crippen LogP contribution in [0.1, 0.15) is 46.9 Å². The van der Waals surface area contributed by atoms with Crippen LogP contribution in [-0.4, -0.2) is 17.0 Å². The zero-order valence-corrected chi connectivity index (χ0v) is 15.0. The average Bonchev–Trinajstić information content (AvgIpc) is 2.58. The van der Waals surface area contributed by atoms with Gasteiger partial charge in [-0.25, -0.2) is 4.79 Å². The minimum atomic E-state index is -0.997. The largest absolute Gasteiger partial charge is 0.478 e. The van der Waals surface area contributed by atoms with Gasteiger partial charge in [-0.2, -0.15) is 0 Å². The summed E-state index contributed by atoms with van der Waals surface area (Å²) in [6.45, 7) is 1.91. The molecular weight excluding hydrogens is 363 g/mol. The van der Waals surface area contributed by atoms with E-state index in [4.69, 9.17) is 34.0 Å². The SMILES string of the molecule is CCC(NC(=O)C(N)c1cc(Cl)cc(Cl)c1)c1ccc(C(=O)O)cc1. The molecule has 0 spiro atoms. The van der Waals surface area contributed by atoms with Crippen molar-refractivity contribution in [2.24, 2.45) is 5.73 Å². The van der Waals surface area contributed by atoms with Crippen LogP contribution < -0.4 is 11.1 Å². The van der Waals surface area contributed by atoms with Gasteiger partial charge in [-0.05, 0) is 47.9 Å². The van der Waals surface area contributed by atoms with Gasteiger partial charge in [0.15, 0.2) is 0 Å². The summed E-state index contributed by atoms with van der Waals surface area (Å²) in [7, 11) is 0. The van der Waals surface area contributed by atoms with E-state index >= 15 is 0 Å². The summed E-state index contributed by atoms with van der Waals surface area (Å²) < 4.78 is 0. The van der Waals surface area contributed by atoms with E-state index in [9.17, 15) is 9.59 Å². The van der Waals surface area contributed by atoms with Crippen LogP contribution in [0.25, 0.3) is 0 Å². The molecule has 25 heavy (non-hydrogen) atoms. The quantitative estimate of drug-likeness (QED) is 0.706. The maximum absolute atomic E-state index is 12.5. The van der Waals surface area contributed by atoms with Gasteiger partial charge in [-0.3, -0.25) is 4.79 Å². The fourth-order valence-corrected chi connectivity index (χ4v) is 2.99. The third-order valence-corrected chi connectivity index (χ3v) is 4.25. The molecule has 0 saturated carbocycles. The van der Waals surface area contributed by atoms with Gasteiger partial charge < -0.3 is 16.2 Å². The second-order valence-electron chi connectivity index (χ2n) is 5.58. The van der Waals surface area contributed by atoms with E-state index in [0.717, 1.165) is 5.56 Å². The van der Waals surface area contributed by atoms with Gasteiger partial charge in [0, 0.05) is 10.0 Å². The highest BCUT2D eigenvalue weighted by Crippen LogP contribution is 2.24. The highest BCUT2D eigenvalue weighted by atomic mass is 35.5. The Bertz CT molecular complexity index is 758. The summed E-state index contributed by atoms with van der Waals surface area (Å²) in [6, 6.07) is 9.93. The van der Waals surface area contributed by atoms with Crippen LogP contribution >= 0.6 is 23.2 Å². The normalized spacial score (nSPS) is 13.1. The number of nitrogens with one attached hydrogen (secondary N) is 1. The highest BCUT2D eigenvalue weighted by Gasteiger charge is 2.21. The Morgan fingerprint density at radius 1 is 1.08 bits per heavy atom. The lowest BCUT2D eigenvalue weighted by molar-refractivity contribution is -0.123. The molecule has 0 aromatic heterocycles. The summed E-state index contributed by atoms with van der Waals surface area (Å²) in [6.07, 6.45) is 0.626. The Morgan fingerprint density at radius 2 is 1.64 bits per heavy atom. The first-order valence-corrected chi connectivity index (χ1v) is 8.42. The number of halogens is 2. The van der Waals surface area contributed by atoms with Crippen LogP contribution in [-0.2, 0) is 4.79 Å². The molecule has 2 aromatic rings. The van der Waals surface area contributed by atoms with Crippen molar-refractivity contribution in [1.82, 2.24) is 5.32 Å². The first-order chi connectivity index (χ1) is 11.8. The van der Waals surface area contributed by atoms with E-state index < -0.39 is 12.0 Å². The molecule has 0 aliphatic carbocycles. The fraction of sp³-hybridized carbons (Fsp3) is 0.222. The van der Waals surface area contributed by atoms with Gasteiger partial charge in [0.05, 0.1) is 11.6 Å². The van der Waals surface area contributed by atoms with Crippen LogP contribution in [0.5, 0.6) is 0 Å². The van der Waals surface area contributed by atoms with Crippen LogP contribution in [0.15, 0.2) is 42.5 Å². The molecule has 5 nitrogen and oxygen atoms in total. The summed E-state index contributed by atoms with van der Waals surface area (Å²) in [4.78, 5) is 23.4. The van der Waals surface area contributed by atoms with Gasteiger partial charge in [0.2, 0.25) is 5.91 Å². The number of nitrogens with two attached hydrogens (primary N) is 1. The molecular formula is C18H18Cl2N2O3. The number of rotatable bonds is 6. The average molecular weight is 381 g/mol. The molecule has 2 aromatic carbocycles. The second kappa shape index (κ2) is 8.34. The minimum Gasteiger partial charge on any atom is -0.478 e. The van der Waals surface area contributed by atoms with Crippen LogP contribution in [0.4, 0.5) is 0 Å². The molecule has 2 rings (SSSR count). The molecule has 7 heteroatoms. The van der Waals surface area contributed by atoms with E-state index in [0.29, 0.717) is 22.0 Å². The zero-order valence-electron chi connectivity index (χ0n) is 13.5. The fourth-order valence-electron chi connectivity index (χ4n) is 2.45. The number of carbonyl (C=O) groups is 2. The lowest BCUT2D eigenvalue weighted by atomic mass is 10.0. The molecule has 0 bridgehead atoms. The molecule has 0 aliphatic heterocycles. The van der Waals surface area contributed by atoms with Crippen molar-refractivity contribution in [1.29, 1.82) is 0 Å². The van der Waals surface area contributed by atoms with E-state index in [1.54, 1.807) is 30.3 Å². The van der Waals surface area contributed by atoms with Crippen molar-refractivity contribution in [2.75, 3.05) is 0 Å². The molecule has 0 saturated heterocycles. The Balaban J connectivity index is 2.14. The number of benzene rings is 2. The van der Waals surface area contributed by atoms with Gasteiger partial charge in [0.25, 0.3) is 0 Å². The predicted octanol–water partition coefficient (Wildman–Crippen LogP) is 3.96.